The van der Waals surface area contributed by atoms with Crippen molar-refractivity contribution in [3.05, 3.63) is 76.4 Å². The van der Waals surface area contributed by atoms with E-state index in [1.807, 2.05) is 44.2 Å². The van der Waals surface area contributed by atoms with Crippen LogP contribution in [0.25, 0.3) is 0 Å². The molecule has 0 aromatic heterocycles. The fraction of sp³-hybridized carbons (Fsp3) is 0.280. The van der Waals surface area contributed by atoms with E-state index in [2.05, 4.69) is 12.1 Å². The van der Waals surface area contributed by atoms with Crippen molar-refractivity contribution in [3.8, 4) is 12.1 Å². The van der Waals surface area contributed by atoms with E-state index in [0.717, 1.165) is 11.1 Å². The van der Waals surface area contributed by atoms with Gasteiger partial charge in [0.15, 0.2) is 5.41 Å². The maximum atomic E-state index is 13.9. The van der Waals surface area contributed by atoms with Gasteiger partial charge in [0.05, 0.1) is 24.8 Å². The Kier molecular flexibility index (Phi) is 4.48. The molecule has 6 heteroatoms. The molecule has 154 valence electrons. The highest BCUT2D eigenvalue weighted by atomic mass is 16.5. The lowest BCUT2D eigenvalue weighted by atomic mass is 9.57. The van der Waals surface area contributed by atoms with E-state index in [1.54, 1.807) is 25.3 Å². The topological polar surface area (TPSA) is 94.2 Å². The number of methoxy groups -OCH3 is 1. The standard InChI is InChI=1S/C25H21N3O3/c1-15-5-8-17(9-6-15)18-12-20(22(29)31-4)25(24(18,13-26)14-27)19-11-16(2)7-10-21(19)28(3)23(25)30/h5-12,18H,1-4H3/t18-,25-/m0/s1. The molecule has 0 saturated carbocycles. The maximum Gasteiger partial charge on any atom is 0.334 e. The molecular weight excluding hydrogens is 390 g/mol. The molecule has 31 heavy (non-hydrogen) atoms. The van der Waals surface area contributed by atoms with Crippen molar-refractivity contribution in [2.24, 2.45) is 5.41 Å². The minimum Gasteiger partial charge on any atom is -0.466 e. The second-order valence-electron chi connectivity index (χ2n) is 8.13. The van der Waals surface area contributed by atoms with Crippen molar-refractivity contribution in [3.63, 3.8) is 0 Å². The van der Waals surface area contributed by atoms with Gasteiger partial charge < -0.3 is 9.64 Å². The predicted molar refractivity (Wildman–Crippen MR) is 114 cm³/mol. The van der Waals surface area contributed by atoms with Crippen LogP contribution in [0.1, 0.15) is 28.2 Å². The molecule has 6 nitrogen and oxygen atoms in total. The van der Waals surface area contributed by atoms with Crippen LogP contribution in [0.5, 0.6) is 0 Å². The predicted octanol–water partition coefficient (Wildman–Crippen LogP) is 3.45. The number of nitrogens with zero attached hydrogens (tertiary/aromatic N) is 3. The lowest BCUT2D eigenvalue weighted by Crippen LogP contribution is -2.52. The Bertz CT molecular complexity index is 1220. The zero-order chi connectivity index (χ0) is 22.6. The number of rotatable bonds is 2. The van der Waals surface area contributed by atoms with E-state index in [9.17, 15) is 20.1 Å². The van der Waals surface area contributed by atoms with Crippen LogP contribution in [0.2, 0.25) is 0 Å². The van der Waals surface area contributed by atoms with E-state index in [1.165, 1.54) is 12.0 Å². The summed E-state index contributed by atoms with van der Waals surface area (Å²) in [5.41, 5.74) is -0.00166. The molecule has 0 radical (unpaired) electrons. The number of anilines is 1. The van der Waals surface area contributed by atoms with Crippen LogP contribution in [0.4, 0.5) is 5.69 Å². The molecular formula is C25H21N3O3. The Balaban J connectivity index is 2.13. The van der Waals surface area contributed by atoms with Gasteiger partial charge in [-0.05, 0) is 31.0 Å². The van der Waals surface area contributed by atoms with Crippen LogP contribution in [-0.2, 0) is 19.7 Å². The molecule has 2 aliphatic rings. The number of carbonyl (C=O) groups is 2. The van der Waals surface area contributed by atoms with Crippen LogP contribution in [0.3, 0.4) is 0 Å². The third kappa shape index (κ3) is 2.36. The smallest absolute Gasteiger partial charge is 0.334 e. The molecule has 0 fully saturated rings. The number of aryl methyl sites for hydroxylation is 2. The van der Waals surface area contributed by atoms with Crippen LogP contribution in [0.15, 0.2) is 54.1 Å². The van der Waals surface area contributed by atoms with Crippen LogP contribution in [0, 0.1) is 41.9 Å². The summed E-state index contributed by atoms with van der Waals surface area (Å²) in [6, 6.07) is 17.2. The van der Waals surface area contributed by atoms with Gasteiger partial charge in [-0.1, -0.05) is 53.6 Å². The molecule has 2 aromatic carbocycles. The molecule has 0 saturated heterocycles. The zero-order valence-corrected chi connectivity index (χ0v) is 17.8. The summed E-state index contributed by atoms with van der Waals surface area (Å²) in [6.07, 6.45) is 1.58. The summed E-state index contributed by atoms with van der Waals surface area (Å²) in [5.74, 6) is -2.00. The van der Waals surface area contributed by atoms with E-state index >= 15 is 0 Å². The molecule has 1 aliphatic heterocycles. The number of ether oxygens (including phenoxy) is 1. The molecule has 0 unspecified atom stereocenters. The third-order valence-corrected chi connectivity index (χ3v) is 6.53. The fourth-order valence-electron chi connectivity index (χ4n) is 5.01. The van der Waals surface area contributed by atoms with Gasteiger partial charge in [-0.15, -0.1) is 0 Å². The first-order valence-corrected chi connectivity index (χ1v) is 9.87. The number of likely N-dealkylation sites (N-methyl/N-ethyl adjacent to an activating group) is 1. The van der Waals surface area contributed by atoms with E-state index < -0.39 is 28.6 Å². The second kappa shape index (κ2) is 6.82. The number of hydrogen-bond acceptors (Lipinski definition) is 5. The quantitative estimate of drug-likeness (QED) is 0.706. The molecule has 2 aromatic rings. The van der Waals surface area contributed by atoms with Crippen LogP contribution >= 0.6 is 0 Å². The molecule has 4 rings (SSSR count). The minimum absolute atomic E-state index is 0.0323. The van der Waals surface area contributed by atoms with Gasteiger partial charge in [0.1, 0.15) is 5.41 Å². The van der Waals surface area contributed by atoms with Crippen molar-refractivity contribution < 1.29 is 14.3 Å². The highest BCUT2D eigenvalue weighted by Gasteiger charge is 2.73. The average molecular weight is 411 g/mol. The van der Waals surface area contributed by atoms with E-state index in [-0.39, 0.29) is 5.57 Å². The summed E-state index contributed by atoms with van der Waals surface area (Å²) < 4.78 is 5.04. The third-order valence-electron chi connectivity index (χ3n) is 6.53. The van der Waals surface area contributed by atoms with E-state index in [0.29, 0.717) is 16.8 Å². The van der Waals surface area contributed by atoms with Gasteiger partial charge in [-0.25, -0.2) is 4.79 Å². The number of hydrogen-bond donors (Lipinski definition) is 0. The Labute approximate surface area is 181 Å². The van der Waals surface area contributed by atoms with Gasteiger partial charge in [0.25, 0.3) is 0 Å². The first-order chi connectivity index (χ1) is 14.8. The van der Waals surface area contributed by atoms with Crippen molar-refractivity contribution in [2.75, 3.05) is 19.1 Å². The largest absolute Gasteiger partial charge is 0.466 e. The van der Waals surface area contributed by atoms with E-state index in [4.69, 9.17) is 4.74 Å². The van der Waals surface area contributed by atoms with Gasteiger partial charge in [0.2, 0.25) is 5.91 Å². The summed E-state index contributed by atoms with van der Waals surface area (Å²) in [7, 11) is 2.83. The maximum absolute atomic E-state index is 13.9. The van der Waals surface area contributed by atoms with Crippen molar-refractivity contribution >= 4 is 17.6 Å². The Hall–Kier alpha value is -3.90. The monoisotopic (exact) mass is 411 g/mol. The minimum atomic E-state index is -1.86. The number of fused-ring (bicyclic) bond motifs is 2. The molecule has 1 heterocycles. The number of carbonyl (C=O) groups excluding carboxylic acids is 2. The van der Waals surface area contributed by atoms with Crippen molar-refractivity contribution in [2.45, 2.75) is 25.2 Å². The highest BCUT2D eigenvalue weighted by Crippen LogP contribution is 2.65. The molecule has 1 spiro atoms. The molecule has 2 atom stereocenters. The summed E-state index contributed by atoms with van der Waals surface area (Å²) in [5, 5.41) is 20.9. The van der Waals surface area contributed by atoms with Crippen LogP contribution < -0.4 is 4.90 Å². The Morgan fingerprint density at radius 2 is 1.68 bits per heavy atom. The molecule has 1 amide bonds. The summed E-state index contributed by atoms with van der Waals surface area (Å²) in [4.78, 5) is 28.3. The van der Waals surface area contributed by atoms with Crippen molar-refractivity contribution in [1.29, 1.82) is 10.5 Å². The fourth-order valence-corrected chi connectivity index (χ4v) is 5.01. The highest BCUT2D eigenvalue weighted by molar-refractivity contribution is 6.17. The Morgan fingerprint density at radius 3 is 2.26 bits per heavy atom. The first kappa shape index (κ1) is 20.4. The summed E-state index contributed by atoms with van der Waals surface area (Å²) >= 11 is 0. The van der Waals surface area contributed by atoms with Gasteiger partial charge in [-0.3, -0.25) is 4.79 Å². The number of allylic oxidation sites excluding steroid dienone is 1. The summed E-state index contributed by atoms with van der Waals surface area (Å²) in [6.45, 7) is 3.80. The average Bonchev–Trinajstić information content (AvgIpc) is 3.20. The number of esters is 1. The van der Waals surface area contributed by atoms with Gasteiger partial charge in [-0.2, -0.15) is 10.5 Å². The number of amides is 1. The normalized spacial score (nSPS) is 23.2. The number of nitriles is 2. The molecule has 0 bridgehead atoms. The number of benzene rings is 2. The zero-order valence-electron chi connectivity index (χ0n) is 17.8. The van der Waals surface area contributed by atoms with Crippen molar-refractivity contribution in [1.82, 2.24) is 0 Å². The van der Waals surface area contributed by atoms with Gasteiger partial charge in [0, 0.05) is 18.7 Å². The van der Waals surface area contributed by atoms with Gasteiger partial charge >= 0.3 is 5.97 Å². The Morgan fingerprint density at radius 1 is 1.06 bits per heavy atom. The SMILES string of the molecule is COC(=O)C1=C[C@@H](c2ccc(C)cc2)C(C#N)(C#N)[C@]12C(=O)N(C)c1ccc(C)cc12. The van der Waals surface area contributed by atoms with Crippen LogP contribution in [-0.4, -0.2) is 26.0 Å². The lowest BCUT2D eigenvalue weighted by Gasteiger charge is -2.37. The first-order valence-electron chi connectivity index (χ1n) is 9.87. The second-order valence-corrected chi connectivity index (χ2v) is 8.13. The molecule has 1 aliphatic carbocycles. The molecule has 0 N–H and O–H groups in total. The lowest BCUT2D eigenvalue weighted by molar-refractivity contribution is -0.139.